The summed E-state index contributed by atoms with van der Waals surface area (Å²) < 4.78 is 6.96. The first kappa shape index (κ1) is 10.2. The van der Waals surface area contributed by atoms with E-state index in [9.17, 15) is 4.79 Å². The summed E-state index contributed by atoms with van der Waals surface area (Å²) in [5.74, 6) is 0.214. The number of hydrogen-bond donors (Lipinski definition) is 1. The Balaban J connectivity index is 1.92. The number of nitrogens with two attached hydrogens (primary N) is 1. The first-order chi connectivity index (χ1) is 7.16. The maximum Gasteiger partial charge on any atom is 0.410 e. The lowest BCUT2D eigenvalue weighted by atomic mass is 10.5. The van der Waals surface area contributed by atoms with Gasteiger partial charge in [0.1, 0.15) is 6.61 Å². The third-order valence-corrected chi connectivity index (χ3v) is 2.66. The minimum Gasteiger partial charge on any atom is -0.448 e. The van der Waals surface area contributed by atoms with Crippen molar-refractivity contribution in [2.45, 2.75) is 6.54 Å². The van der Waals surface area contributed by atoms with Gasteiger partial charge in [-0.1, -0.05) is 0 Å². The fraction of sp³-hybridized carbons (Fsp3) is 0.571. The zero-order valence-electron chi connectivity index (χ0n) is 7.89. The Kier molecular flexibility index (Phi) is 2.76. The third kappa shape index (κ3) is 2.20. The summed E-state index contributed by atoms with van der Waals surface area (Å²) in [4.78, 5) is 16.6. The molecular formula is C7H10BrN5O2. The molecule has 0 bridgehead atoms. The summed E-state index contributed by atoms with van der Waals surface area (Å²) in [6, 6.07) is 0. The van der Waals surface area contributed by atoms with Crippen LogP contribution in [0.3, 0.4) is 0 Å². The van der Waals surface area contributed by atoms with Gasteiger partial charge in [0.05, 0.1) is 13.1 Å². The summed E-state index contributed by atoms with van der Waals surface area (Å²) in [7, 11) is 0. The van der Waals surface area contributed by atoms with Gasteiger partial charge in [-0.15, -0.1) is 5.10 Å². The molecule has 8 heteroatoms. The first-order valence-electron chi connectivity index (χ1n) is 4.44. The van der Waals surface area contributed by atoms with E-state index in [-0.39, 0.29) is 12.0 Å². The van der Waals surface area contributed by atoms with Crippen LogP contribution >= 0.6 is 15.9 Å². The Bertz CT molecular complexity index is 379. The van der Waals surface area contributed by atoms with E-state index in [0.29, 0.717) is 31.0 Å². The monoisotopic (exact) mass is 275 g/mol. The smallest absolute Gasteiger partial charge is 0.410 e. The summed E-state index contributed by atoms with van der Waals surface area (Å²) >= 11 is 3.22. The van der Waals surface area contributed by atoms with Crippen molar-refractivity contribution in [3.8, 4) is 0 Å². The molecule has 1 amide bonds. The highest BCUT2D eigenvalue weighted by atomic mass is 79.9. The number of halogens is 1. The number of anilines is 1. The van der Waals surface area contributed by atoms with Gasteiger partial charge in [0.2, 0.25) is 5.95 Å². The summed E-state index contributed by atoms with van der Waals surface area (Å²) in [5, 5.41) is 3.95. The number of aromatic nitrogens is 3. The molecule has 0 saturated carbocycles. The molecule has 1 aliphatic rings. The lowest BCUT2D eigenvalue weighted by Crippen LogP contribution is -2.28. The maximum absolute atomic E-state index is 11.1. The lowest BCUT2D eigenvalue weighted by molar-refractivity contribution is 0.157. The molecule has 0 atom stereocenters. The average molecular weight is 276 g/mol. The predicted molar refractivity (Wildman–Crippen MR) is 55.1 cm³/mol. The fourth-order valence-electron chi connectivity index (χ4n) is 1.33. The van der Waals surface area contributed by atoms with Crippen LogP contribution in [0.25, 0.3) is 0 Å². The number of ether oxygens (including phenoxy) is 1. The molecule has 0 radical (unpaired) electrons. The van der Waals surface area contributed by atoms with Gasteiger partial charge in [0.15, 0.2) is 4.73 Å². The van der Waals surface area contributed by atoms with E-state index in [0.717, 1.165) is 0 Å². The number of carbonyl (C=O) groups is 1. The normalized spacial score (nSPS) is 15.8. The van der Waals surface area contributed by atoms with Crippen LogP contribution < -0.4 is 5.73 Å². The number of rotatable bonds is 3. The molecule has 2 N–H and O–H groups in total. The van der Waals surface area contributed by atoms with Gasteiger partial charge in [-0.25, -0.2) is 9.48 Å². The molecule has 2 rings (SSSR count). The number of amides is 1. The Hall–Kier alpha value is -1.31. The van der Waals surface area contributed by atoms with Crippen LogP contribution in [-0.4, -0.2) is 45.5 Å². The second-order valence-corrected chi connectivity index (χ2v) is 3.77. The topological polar surface area (TPSA) is 86.3 Å². The first-order valence-corrected chi connectivity index (χ1v) is 5.23. The average Bonchev–Trinajstić information content (AvgIpc) is 2.70. The zero-order valence-corrected chi connectivity index (χ0v) is 9.48. The van der Waals surface area contributed by atoms with Gasteiger partial charge >= 0.3 is 6.09 Å². The van der Waals surface area contributed by atoms with Crippen molar-refractivity contribution in [1.29, 1.82) is 0 Å². The molecule has 2 heterocycles. The van der Waals surface area contributed by atoms with E-state index in [1.165, 1.54) is 0 Å². The SMILES string of the molecule is Nc1nc(Br)n(CCN2CCOC2=O)n1. The van der Waals surface area contributed by atoms with Crippen molar-refractivity contribution in [2.75, 3.05) is 25.4 Å². The molecule has 0 aliphatic carbocycles. The molecule has 15 heavy (non-hydrogen) atoms. The number of hydrogen-bond acceptors (Lipinski definition) is 5. The van der Waals surface area contributed by atoms with Crippen LogP contribution in [0.2, 0.25) is 0 Å². The van der Waals surface area contributed by atoms with Crippen LogP contribution in [0, 0.1) is 0 Å². The molecule has 0 aromatic carbocycles. The van der Waals surface area contributed by atoms with Crippen LogP contribution in [0.4, 0.5) is 10.7 Å². The van der Waals surface area contributed by atoms with Crippen molar-refractivity contribution < 1.29 is 9.53 Å². The van der Waals surface area contributed by atoms with Crippen molar-refractivity contribution >= 4 is 28.0 Å². The molecule has 1 fully saturated rings. The Morgan fingerprint density at radius 3 is 2.87 bits per heavy atom. The standard InChI is InChI=1S/C7H10BrN5O2/c8-5-10-6(9)11-13(5)2-1-12-3-4-15-7(12)14/h1-4H2,(H2,9,11). The van der Waals surface area contributed by atoms with E-state index >= 15 is 0 Å². The number of carbonyl (C=O) groups excluding carboxylic acids is 1. The highest BCUT2D eigenvalue weighted by Gasteiger charge is 2.21. The van der Waals surface area contributed by atoms with Crippen LogP contribution in [0.15, 0.2) is 4.73 Å². The van der Waals surface area contributed by atoms with Gasteiger partial charge in [-0.2, -0.15) is 4.98 Å². The largest absolute Gasteiger partial charge is 0.448 e. The molecule has 0 unspecified atom stereocenters. The van der Waals surface area contributed by atoms with Crippen LogP contribution in [-0.2, 0) is 11.3 Å². The quantitative estimate of drug-likeness (QED) is 0.844. The van der Waals surface area contributed by atoms with Crippen LogP contribution in [0.5, 0.6) is 0 Å². The Morgan fingerprint density at radius 2 is 2.33 bits per heavy atom. The van der Waals surface area contributed by atoms with Crippen molar-refractivity contribution in [2.24, 2.45) is 0 Å². The summed E-state index contributed by atoms with van der Waals surface area (Å²) in [6.45, 7) is 2.17. The van der Waals surface area contributed by atoms with Gasteiger partial charge in [-0.3, -0.25) is 0 Å². The number of nitrogen functional groups attached to an aromatic ring is 1. The zero-order chi connectivity index (χ0) is 10.8. The van der Waals surface area contributed by atoms with Crippen LogP contribution in [0.1, 0.15) is 0 Å². The number of cyclic esters (lactones) is 1. The van der Waals surface area contributed by atoms with E-state index in [4.69, 9.17) is 10.5 Å². The van der Waals surface area contributed by atoms with E-state index in [1.807, 2.05) is 0 Å². The molecule has 1 saturated heterocycles. The molecular weight excluding hydrogens is 266 g/mol. The van der Waals surface area contributed by atoms with E-state index in [1.54, 1.807) is 9.58 Å². The predicted octanol–water partition coefficient (Wildman–Crippen LogP) is 0.0750. The fourth-order valence-corrected chi connectivity index (χ4v) is 1.76. The molecule has 82 valence electrons. The van der Waals surface area contributed by atoms with Crippen molar-refractivity contribution in [3.63, 3.8) is 0 Å². The Labute approximate surface area is 94.3 Å². The molecule has 1 aromatic rings. The Morgan fingerprint density at radius 1 is 1.53 bits per heavy atom. The van der Waals surface area contributed by atoms with Crippen molar-refractivity contribution in [3.05, 3.63) is 4.73 Å². The van der Waals surface area contributed by atoms with Gasteiger partial charge in [-0.05, 0) is 15.9 Å². The number of nitrogens with zero attached hydrogens (tertiary/aromatic N) is 4. The second kappa shape index (κ2) is 4.05. The highest BCUT2D eigenvalue weighted by molar-refractivity contribution is 9.10. The van der Waals surface area contributed by atoms with Gasteiger partial charge in [0.25, 0.3) is 0 Å². The summed E-state index contributed by atoms with van der Waals surface area (Å²) in [6.07, 6.45) is -0.279. The third-order valence-electron chi connectivity index (χ3n) is 2.07. The van der Waals surface area contributed by atoms with Gasteiger partial charge < -0.3 is 15.4 Å². The lowest BCUT2D eigenvalue weighted by Gasteiger charge is -2.11. The highest BCUT2D eigenvalue weighted by Crippen LogP contribution is 2.09. The van der Waals surface area contributed by atoms with Gasteiger partial charge in [0, 0.05) is 6.54 Å². The van der Waals surface area contributed by atoms with Crippen molar-refractivity contribution in [1.82, 2.24) is 19.7 Å². The molecule has 7 nitrogen and oxygen atoms in total. The summed E-state index contributed by atoms with van der Waals surface area (Å²) in [5.41, 5.74) is 5.41. The molecule has 0 spiro atoms. The minimum absolute atomic E-state index is 0.214. The van der Waals surface area contributed by atoms with E-state index < -0.39 is 0 Å². The maximum atomic E-state index is 11.1. The van der Waals surface area contributed by atoms with E-state index in [2.05, 4.69) is 26.0 Å². The minimum atomic E-state index is -0.279. The molecule has 1 aromatic heterocycles. The second-order valence-electron chi connectivity index (χ2n) is 3.06. The molecule has 1 aliphatic heterocycles.